The summed E-state index contributed by atoms with van der Waals surface area (Å²) in [6.45, 7) is 14.0. The van der Waals surface area contributed by atoms with E-state index in [0.717, 1.165) is 26.1 Å². The first kappa shape index (κ1) is 16.5. The zero-order valence-electron chi connectivity index (χ0n) is 13.6. The van der Waals surface area contributed by atoms with Crippen LogP contribution < -0.4 is 0 Å². The van der Waals surface area contributed by atoms with Crippen LogP contribution in [0.4, 0.5) is 0 Å². The van der Waals surface area contributed by atoms with E-state index >= 15 is 0 Å². The van der Waals surface area contributed by atoms with Gasteiger partial charge in [-0.1, -0.05) is 38.8 Å². The minimum Gasteiger partial charge on any atom is -0.347 e. The molecule has 2 nitrogen and oxygen atoms in total. The molecule has 1 saturated carbocycles. The number of hydrogen-bond donors (Lipinski definition) is 0. The van der Waals surface area contributed by atoms with Crippen molar-refractivity contribution in [1.29, 1.82) is 0 Å². The molecule has 0 N–H and O–H groups in total. The summed E-state index contributed by atoms with van der Waals surface area (Å²) < 4.78 is 11.6. The Morgan fingerprint density at radius 2 is 1.11 bits per heavy atom. The number of fused-ring (bicyclic) bond motifs is 1. The van der Waals surface area contributed by atoms with Crippen molar-refractivity contribution in [2.24, 2.45) is 0 Å². The van der Waals surface area contributed by atoms with Crippen molar-refractivity contribution in [3.8, 4) is 0 Å². The second-order valence-electron chi connectivity index (χ2n) is 4.98. The Morgan fingerprint density at radius 1 is 0.737 bits per heavy atom. The lowest BCUT2D eigenvalue weighted by Gasteiger charge is -2.19. The predicted molar refractivity (Wildman–Crippen MR) is 81.2 cm³/mol. The third-order valence-electron chi connectivity index (χ3n) is 3.98. The molecular formula is C17H30O2. The molecule has 1 aliphatic heterocycles. The lowest BCUT2D eigenvalue weighted by Crippen LogP contribution is -2.25. The van der Waals surface area contributed by atoms with E-state index in [2.05, 4.69) is 13.8 Å². The predicted octanol–water partition coefficient (Wildman–Crippen LogP) is 5.00. The molecule has 0 atom stereocenters. The third kappa shape index (κ3) is 3.29. The van der Waals surface area contributed by atoms with Gasteiger partial charge in [0.05, 0.1) is 13.2 Å². The van der Waals surface area contributed by atoms with Crippen LogP contribution in [0.15, 0.2) is 22.3 Å². The summed E-state index contributed by atoms with van der Waals surface area (Å²) in [5.74, 6) is -0.280. The van der Waals surface area contributed by atoms with Crippen molar-refractivity contribution in [2.75, 3.05) is 13.2 Å². The summed E-state index contributed by atoms with van der Waals surface area (Å²) in [6.07, 6.45) is 4.40. The average molecular weight is 266 g/mol. The second-order valence-corrected chi connectivity index (χ2v) is 4.98. The highest BCUT2D eigenvalue weighted by Gasteiger charge is 2.45. The highest BCUT2D eigenvalue weighted by molar-refractivity contribution is 5.46. The summed E-state index contributed by atoms with van der Waals surface area (Å²) in [7, 11) is 0. The van der Waals surface area contributed by atoms with Gasteiger partial charge < -0.3 is 9.47 Å². The van der Waals surface area contributed by atoms with Crippen LogP contribution in [0.3, 0.4) is 0 Å². The zero-order valence-corrected chi connectivity index (χ0v) is 13.6. The average Bonchev–Trinajstić information content (AvgIpc) is 3.08. The van der Waals surface area contributed by atoms with E-state index in [4.69, 9.17) is 9.47 Å². The molecule has 0 amide bonds. The Kier molecular flexibility index (Phi) is 6.28. The third-order valence-corrected chi connectivity index (χ3v) is 3.98. The fourth-order valence-electron chi connectivity index (χ4n) is 3.01. The van der Waals surface area contributed by atoms with Gasteiger partial charge in [-0.05, 0) is 37.8 Å². The molecule has 3 rings (SSSR count). The number of ether oxygens (including phenoxy) is 2. The van der Waals surface area contributed by atoms with Crippen LogP contribution >= 0.6 is 0 Å². The van der Waals surface area contributed by atoms with Crippen molar-refractivity contribution < 1.29 is 9.47 Å². The molecule has 1 spiro atoms. The van der Waals surface area contributed by atoms with Gasteiger partial charge in [-0.3, -0.25) is 0 Å². The Bertz CT molecular complexity index is 327. The van der Waals surface area contributed by atoms with Gasteiger partial charge in [-0.25, -0.2) is 0 Å². The van der Waals surface area contributed by atoms with Crippen molar-refractivity contribution in [3.63, 3.8) is 0 Å². The van der Waals surface area contributed by atoms with Gasteiger partial charge in [-0.15, -0.1) is 0 Å². The maximum absolute atomic E-state index is 5.80. The smallest absolute Gasteiger partial charge is 0.176 e. The normalized spacial score (nSPS) is 23.7. The number of rotatable bonds is 0. The molecule has 19 heavy (non-hydrogen) atoms. The summed E-state index contributed by atoms with van der Waals surface area (Å²) in [5.41, 5.74) is 6.15. The number of allylic oxidation sites excluding steroid dienone is 2. The quantitative estimate of drug-likeness (QED) is 0.614. The van der Waals surface area contributed by atoms with E-state index < -0.39 is 0 Å². The fraction of sp³-hybridized carbons (Fsp3) is 0.765. The van der Waals surface area contributed by atoms with E-state index in [1.807, 2.05) is 27.7 Å². The van der Waals surface area contributed by atoms with Gasteiger partial charge >= 0.3 is 0 Å². The van der Waals surface area contributed by atoms with Crippen molar-refractivity contribution in [1.82, 2.24) is 0 Å². The minimum atomic E-state index is -0.280. The highest BCUT2D eigenvalue weighted by Crippen LogP contribution is 2.49. The summed E-state index contributed by atoms with van der Waals surface area (Å²) in [5, 5.41) is 0. The maximum Gasteiger partial charge on any atom is 0.176 e. The topological polar surface area (TPSA) is 18.5 Å². The van der Waals surface area contributed by atoms with E-state index in [0.29, 0.717) is 0 Å². The molecule has 3 aliphatic rings. The van der Waals surface area contributed by atoms with E-state index in [9.17, 15) is 0 Å². The lowest BCUT2D eigenvalue weighted by atomic mass is 9.89. The molecule has 110 valence electrons. The molecule has 0 aromatic heterocycles. The van der Waals surface area contributed by atoms with Crippen molar-refractivity contribution in [3.05, 3.63) is 22.3 Å². The van der Waals surface area contributed by atoms with Gasteiger partial charge in [0.15, 0.2) is 5.79 Å². The Morgan fingerprint density at radius 3 is 1.47 bits per heavy atom. The van der Waals surface area contributed by atoms with Crippen LogP contribution in [0, 0.1) is 0 Å². The van der Waals surface area contributed by atoms with Crippen LogP contribution in [0.1, 0.15) is 67.2 Å². The van der Waals surface area contributed by atoms with E-state index in [-0.39, 0.29) is 5.79 Å². The lowest BCUT2D eigenvalue weighted by molar-refractivity contribution is -0.145. The van der Waals surface area contributed by atoms with E-state index in [1.54, 1.807) is 11.1 Å². The molecule has 2 fully saturated rings. The second kappa shape index (κ2) is 7.25. The molecule has 0 unspecified atom stereocenters. The Balaban J connectivity index is 0.000000415. The Labute approximate surface area is 118 Å². The standard InChI is InChI=1S/C13H18O2.2C2H6/c1-9-3-4-10(2)12-8-13(7-11(9)12)14-5-6-15-13;2*1-2/h3-8H2,1-2H3;2*1-2H3. The minimum absolute atomic E-state index is 0.280. The molecule has 1 saturated heterocycles. The molecule has 2 heteroatoms. The summed E-state index contributed by atoms with van der Waals surface area (Å²) >= 11 is 0. The molecule has 2 aliphatic carbocycles. The molecule has 0 aromatic rings. The first-order valence-electron chi connectivity index (χ1n) is 7.86. The highest BCUT2D eigenvalue weighted by atomic mass is 16.7. The molecule has 1 heterocycles. The van der Waals surface area contributed by atoms with Gasteiger partial charge in [0, 0.05) is 12.8 Å². The zero-order chi connectivity index (χ0) is 14.5. The summed E-state index contributed by atoms with van der Waals surface area (Å²) in [4.78, 5) is 0. The van der Waals surface area contributed by atoms with Crippen molar-refractivity contribution in [2.45, 2.75) is 73.0 Å². The van der Waals surface area contributed by atoms with E-state index in [1.165, 1.54) is 24.0 Å². The van der Waals surface area contributed by atoms with Crippen LogP contribution in [-0.2, 0) is 9.47 Å². The van der Waals surface area contributed by atoms with Crippen LogP contribution in [0.2, 0.25) is 0 Å². The monoisotopic (exact) mass is 266 g/mol. The van der Waals surface area contributed by atoms with Crippen LogP contribution in [0.25, 0.3) is 0 Å². The maximum atomic E-state index is 5.80. The van der Waals surface area contributed by atoms with Gasteiger partial charge in [0.1, 0.15) is 0 Å². The van der Waals surface area contributed by atoms with Crippen molar-refractivity contribution >= 4 is 0 Å². The van der Waals surface area contributed by atoms with Gasteiger partial charge in [0.2, 0.25) is 0 Å². The van der Waals surface area contributed by atoms with Gasteiger partial charge in [0.25, 0.3) is 0 Å². The SMILES string of the molecule is CC.CC.CC1=C2CC3(CC2=C(C)CC1)OCCO3. The summed E-state index contributed by atoms with van der Waals surface area (Å²) in [6, 6.07) is 0. The van der Waals surface area contributed by atoms with Gasteiger partial charge in [-0.2, -0.15) is 0 Å². The largest absolute Gasteiger partial charge is 0.347 e. The molecule has 0 aromatic carbocycles. The molecular weight excluding hydrogens is 236 g/mol. The first-order valence-corrected chi connectivity index (χ1v) is 7.86. The van der Waals surface area contributed by atoms with Crippen LogP contribution in [0.5, 0.6) is 0 Å². The first-order chi connectivity index (χ1) is 9.20. The molecule has 0 radical (unpaired) electrons. The van der Waals surface area contributed by atoms with Crippen LogP contribution in [-0.4, -0.2) is 19.0 Å². The fourth-order valence-corrected chi connectivity index (χ4v) is 3.01. The molecule has 0 bridgehead atoms. The number of hydrogen-bond acceptors (Lipinski definition) is 2. The Hall–Kier alpha value is -0.600.